The molecule has 1 fully saturated rings. The zero-order valence-electron chi connectivity index (χ0n) is 15.8. The monoisotopic (exact) mass is 368 g/mol. The number of hydrogen-bond donors (Lipinski definition) is 1. The Hall–Kier alpha value is -2.90. The minimum atomic E-state index is -0.180. The van der Waals surface area contributed by atoms with E-state index in [2.05, 4.69) is 33.6 Å². The van der Waals surface area contributed by atoms with Gasteiger partial charge >= 0.3 is 5.69 Å². The molecule has 4 rings (SSSR count). The quantitative estimate of drug-likeness (QED) is 0.766. The van der Waals surface area contributed by atoms with Gasteiger partial charge in [0.15, 0.2) is 0 Å². The molecule has 8 nitrogen and oxygen atoms in total. The molecule has 1 atom stereocenters. The Labute approximate surface area is 156 Å². The number of carbonyl (C=O) groups is 1. The topological polar surface area (TPSA) is 88.8 Å². The van der Waals surface area contributed by atoms with Gasteiger partial charge in [0.2, 0.25) is 0 Å². The lowest BCUT2D eigenvalue weighted by Gasteiger charge is -2.32. The van der Waals surface area contributed by atoms with Gasteiger partial charge in [-0.15, -0.1) is 10.2 Å². The number of imidazole rings is 1. The summed E-state index contributed by atoms with van der Waals surface area (Å²) in [4.78, 5) is 29.5. The molecule has 1 aliphatic heterocycles. The second-order valence-electron chi connectivity index (χ2n) is 7.50. The second-order valence-corrected chi connectivity index (χ2v) is 7.50. The molecule has 1 unspecified atom stereocenters. The van der Waals surface area contributed by atoms with Crippen LogP contribution in [0.1, 0.15) is 54.8 Å². The zero-order valence-corrected chi connectivity index (χ0v) is 15.8. The smallest absolute Gasteiger partial charge is 0.326 e. The molecule has 0 saturated carbocycles. The number of fused-ring (bicyclic) bond motifs is 1. The van der Waals surface area contributed by atoms with Gasteiger partial charge in [-0.2, -0.15) is 0 Å². The van der Waals surface area contributed by atoms with Gasteiger partial charge in [0.05, 0.1) is 11.0 Å². The molecule has 27 heavy (non-hydrogen) atoms. The Balaban J connectivity index is 1.59. The highest BCUT2D eigenvalue weighted by atomic mass is 16.2. The van der Waals surface area contributed by atoms with Crippen LogP contribution in [0.4, 0.5) is 0 Å². The van der Waals surface area contributed by atoms with Crippen LogP contribution in [-0.2, 0) is 7.05 Å². The normalized spacial score (nSPS) is 17.8. The summed E-state index contributed by atoms with van der Waals surface area (Å²) < 4.78 is 3.61. The van der Waals surface area contributed by atoms with Crippen LogP contribution in [0.15, 0.2) is 29.3 Å². The van der Waals surface area contributed by atoms with E-state index in [0.717, 1.165) is 36.2 Å². The highest BCUT2D eigenvalue weighted by molar-refractivity contribution is 5.97. The van der Waals surface area contributed by atoms with Gasteiger partial charge in [-0.05, 0) is 44.9 Å². The number of aryl methyl sites for hydroxylation is 1. The Morgan fingerprint density at radius 2 is 2.15 bits per heavy atom. The van der Waals surface area contributed by atoms with Crippen molar-refractivity contribution in [2.24, 2.45) is 7.05 Å². The number of piperidine rings is 1. The Morgan fingerprint density at radius 1 is 1.33 bits per heavy atom. The summed E-state index contributed by atoms with van der Waals surface area (Å²) in [5, 5.41) is 8.38. The van der Waals surface area contributed by atoms with Crippen LogP contribution in [0, 0.1) is 0 Å². The molecule has 1 N–H and O–H groups in total. The van der Waals surface area contributed by atoms with Crippen LogP contribution < -0.4 is 5.69 Å². The molecule has 1 saturated heterocycles. The van der Waals surface area contributed by atoms with E-state index in [0.29, 0.717) is 18.2 Å². The van der Waals surface area contributed by atoms with Gasteiger partial charge in [-0.1, -0.05) is 0 Å². The average Bonchev–Trinajstić information content (AvgIpc) is 3.27. The molecule has 1 amide bonds. The van der Waals surface area contributed by atoms with Gasteiger partial charge in [0, 0.05) is 37.7 Å². The third kappa shape index (κ3) is 3.05. The van der Waals surface area contributed by atoms with Crippen molar-refractivity contribution in [3.05, 3.63) is 46.4 Å². The molecule has 2 aromatic heterocycles. The summed E-state index contributed by atoms with van der Waals surface area (Å²) in [7, 11) is 1.70. The summed E-state index contributed by atoms with van der Waals surface area (Å²) in [6, 6.07) is 5.65. The maximum absolute atomic E-state index is 13.1. The van der Waals surface area contributed by atoms with Gasteiger partial charge in [-0.3, -0.25) is 9.36 Å². The predicted octanol–water partition coefficient (Wildman–Crippen LogP) is 2.06. The molecular weight excluding hydrogens is 344 g/mol. The first kappa shape index (κ1) is 17.5. The molecule has 8 heteroatoms. The lowest BCUT2D eigenvalue weighted by Crippen LogP contribution is -2.39. The SMILES string of the molecule is CC(C)n1cnnc1C1CCCN(C(=O)c2ccc3[nH]c(=O)n(C)c3c2)C1. The number of amides is 1. The fraction of sp³-hybridized carbons (Fsp3) is 0.474. The first-order valence-electron chi connectivity index (χ1n) is 9.33. The van der Waals surface area contributed by atoms with E-state index < -0.39 is 0 Å². The van der Waals surface area contributed by atoms with Crippen LogP contribution >= 0.6 is 0 Å². The number of nitrogens with zero attached hydrogens (tertiary/aromatic N) is 5. The van der Waals surface area contributed by atoms with Crippen molar-refractivity contribution in [2.75, 3.05) is 13.1 Å². The van der Waals surface area contributed by atoms with Crippen molar-refractivity contribution in [1.29, 1.82) is 0 Å². The molecule has 1 aliphatic rings. The third-order valence-electron chi connectivity index (χ3n) is 5.38. The first-order chi connectivity index (χ1) is 13.0. The van der Waals surface area contributed by atoms with Crippen LogP contribution in [0.2, 0.25) is 0 Å². The van der Waals surface area contributed by atoms with Crippen molar-refractivity contribution in [3.8, 4) is 0 Å². The number of aromatic nitrogens is 5. The van der Waals surface area contributed by atoms with E-state index in [1.54, 1.807) is 31.6 Å². The lowest BCUT2D eigenvalue weighted by atomic mass is 9.96. The highest BCUT2D eigenvalue weighted by Crippen LogP contribution is 2.28. The number of likely N-dealkylation sites (tertiary alicyclic amines) is 1. The number of hydrogen-bond acceptors (Lipinski definition) is 4. The van der Waals surface area contributed by atoms with E-state index in [-0.39, 0.29) is 17.5 Å². The standard InChI is InChI=1S/C19H24N6O2/c1-12(2)25-11-20-22-17(25)14-5-4-8-24(10-14)18(26)13-6-7-15-16(9-13)23(3)19(27)21-15/h6-7,9,11-12,14H,4-5,8,10H2,1-3H3,(H,21,27). The van der Waals surface area contributed by atoms with Crippen molar-refractivity contribution >= 4 is 16.9 Å². The van der Waals surface area contributed by atoms with Crippen molar-refractivity contribution in [2.45, 2.75) is 38.6 Å². The third-order valence-corrected chi connectivity index (χ3v) is 5.38. The van der Waals surface area contributed by atoms with Crippen LogP contribution in [0.3, 0.4) is 0 Å². The molecule has 3 heterocycles. The summed E-state index contributed by atoms with van der Waals surface area (Å²) in [5.41, 5.74) is 1.89. The van der Waals surface area contributed by atoms with Crippen molar-refractivity contribution in [3.63, 3.8) is 0 Å². The Morgan fingerprint density at radius 3 is 2.93 bits per heavy atom. The fourth-order valence-electron chi connectivity index (χ4n) is 3.85. The minimum absolute atomic E-state index is 0.00846. The van der Waals surface area contributed by atoms with E-state index in [4.69, 9.17) is 0 Å². The molecule has 0 radical (unpaired) electrons. The number of benzene rings is 1. The van der Waals surface area contributed by atoms with Crippen molar-refractivity contribution in [1.82, 2.24) is 29.2 Å². The summed E-state index contributed by atoms with van der Waals surface area (Å²) >= 11 is 0. The number of carbonyl (C=O) groups excluding carboxylic acids is 1. The zero-order chi connectivity index (χ0) is 19.1. The molecule has 142 valence electrons. The first-order valence-corrected chi connectivity index (χ1v) is 9.33. The molecule has 3 aromatic rings. The Kier molecular flexibility index (Phi) is 4.33. The highest BCUT2D eigenvalue weighted by Gasteiger charge is 2.29. The molecule has 0 spiro atoms. The largest absolute Gasteiger partial charge is 0.338 e. The minimum Gasteiger partial charge on any atom is -0.338 e. The fourth-order valence-corrected chi connectivity index (χ4v) is 3.85. The molecule has 0 aliphatic carbocycles. The average molecular weight is 368 g/mol. The van der Waals surface area contributed by atoms with Gasteiger partial charge in [-0.25, -0.2) is 4.79 Å². The van der Waals surface area contributed by atoms with Gasteiger partial charge in [0.1, 0.15) is 12.2 Å². The molecule has 0 bridgehead atoms. The summed E-state index contributed by atoms with van der Waals surface area (Å²) in [5.74, 6) is 1.13. The lowest BCUT2D eigenvalue weighted by molar-refractivity contribution is 0.0703. The van der Waals surface area contributed by atoms with Crippen molar-refractivity contribution < 1.29 is 4.79 Å². The van der Waals surface area contributed by atoms with E-state index in [1.165, 1.54) is 4.57 Å². The molecule has 1 aromatic carbocycles. The summed E-state index contributed by atoms with van der Waals surface area (Å²) in [6.45, 7) is 5.58. The van der Waals surface area contributed by atoms with Crippen LogP contribution in [0.5, 0.6) is 0 Å². The number of H-pyrrole nitrogens is 1. The maximum Gasteiger partial charge on any atom is 0.326 e. The van der Waals surface area contributed by atoms with Crippen LogP contribution in [-0.4, -0.2) is 48.2 Å². The maximum atomic E-state index is 13.1. The van der Waals surface area contributed by atoms with Crippen LogP contribution in [0.25, 0.3) is 11.0 Å². The summed E-state index contributed by atoms with van der Waals surface area (Å²) in [6.07, 6.45) is 3.70. The molecular formula is C19H24N6O2. The van der Waals surface area contributed by atoms with Gasteiger partial charge in [0.25, 0.3) is 5.91 Å². The van der Waals surface area contributed by atoms with E-state index in [9.17, 15) is 9.59 Å². The predicted molar refractivity (Wildman–Crippen MR) is 102 cm³/mol. The number of rotatable bonds is 3. The van der Waals surface area contributed by atoms with Gasteiger partial charge < -0.3 is 14.5 Å². The second kappa shape index (κ2) is 6.68. The van der Waals surface area contributed by atoms with E-state index in [1.807, 2.05) is 4.90 Å². The van der Waals surface area contributed by atoms with E-state index >= 15 is 0 Å². The Bertz CT molecular complexity index is 1040. The number of nitrogens with one attached hydrogen (secondary N) is 1. The number of aromatic amines is 1.